The minimum Gasteiger partial charge on any atom is -0.487 e. The van der Waals surface area contributed by atoms with Crippen LogP contribution in [0.4, 0.5) is 5.69 Å². The Morgan fingerprint density at radius 1 is 1.10 bits per heavy atom. The average molecular weight is 632 g/mol. The van der Waals surface area contributed by atoms with Gasteiger partial charge < -0.3 is 10.5 Å². The lowest BCUT2D eigenvalue weighted by Crippen LogP contribution is -2.19. The lowest BCUT2D eigenvalue weighted by molar-refractivity contribution is 0.0956. The first kappa shape index (κ1) is 21.8. The molecule has 0 atom stereocenters. The van der Waals surface area contributed by atoms with Gasteiger partial charge in [0.05, 0.1) is 18.9 Å². The van der Waals surface area contributed by atoms with Crippen LogP contribution in [-0.2, 0) is 6.61 Å². The van der Waals surface area contributed by atoms with Gasteiger partial charge in [0.15, 0.2) is 0 Å². The fourth-order valence-corrected chi connectivity index (χ4v) is 4.71. The third-order valence-corrected chi connectivity index (χ3v) is 5.76. The molecule has 0 heterocycles. The minimum atomic E-state index is -0.355. The zero-order chi connectivity index (χ0) is 20.8. The number of ether oxygens (including phenoxy) is 1. The van der Waals surface area contributed by atoms with Crippen molar-refractivity contribution in [2.75, 3.05) is 5.73 Å². The summed E-state index contributed by atoms with van der Waals surface area (Å²) in [7, 11) is 0. The Labute approximate surface area is 200 Å². The number of anilines is 1. The lowest BCUT2D eigenvalue weighted by atomic mass is 10.2. The summed E-state index contributed by atoms with van der Waals surface area (Å²) in [4.78, 5) is 12.1. The van der Waals surface area contributed by atoms with Crippen LogP contribution in [0, 0.1) is 7.14 Å². The Balaban J connectivity index is 1.65. The molecule has 148 valence electrons. The van der Waals surface area contributed by atoms with Gasteiger partial charge in [0.2, 0.25) is 0 Å². The van der Waals surface area contributed by atoms with Crippen molar-refractivity contribution in [3.8, 4) is 5.75 Å². The molecule has 0 aromatic heterocycles. The van der Waals surface area contributed by atoms with E-state index in [9.17, 15) is 4.79 Å². The topological polar surface area (TPSA) is 76.7 Å². The Hall–Kier alpha value is -1.85. The van der Waals surface area contributed by atoms with Crippen LogP contribution in [0.2, 0.25) is 5.02 Å². The number of amides is 1. The van der Waals surface area contributed by atoms with Gasteiger partial charge in [-0.1, -0.05) is 35.9 Å². The van der Waals surface area contributed by atoms with E-state index in [0.29, 0.717) is 22.9 Å². The van der Waals surface area contributed by atoms with Crippen LogP contribution < -0.4 is 15.9 Å². The third-order valence-electron chi connectivity index (χ3n) is 3.90. The standard InChI is InChI=1S/C21H16ClI2N3O2/c22-15-7-5-13(6-8-15)12-29-20-17(23)9-14(10-18(20)24)11-26-27-21(28)16-3-1-2-4-19(16)25/h1-11H,12,25H2,(H,27,28)/b26-11+. The molecule has 5 nitrogen and oxygen atoms in total. The molecule has 0 unspecified atom stereocenters. The molecule has 3 aromatic carbocycles. The van der Waals surface area contributed by atoms with Gasteiger partial charge in [-0.3, -0.25) is 4.79 Å². The Morgan fingerprint density at radius 3 is 2.41 bits per heavy atom. The number of carbonyl (C=O) groups is 1. The predicted octanol–water partition coefficient (Wildman–Crippen LogP) is 5.47. The Kier molecular flexibility index (Phi) is 7.73. The zero-order valence-electron chi connectivity index (χ0n) is 15.0. The van der Waals surface area contributed by atoms with Gasteiger partial charge in [-0.25, -0.2) is 5.43 Å². The monoisotopic (exact) mass is 631 g/mol. The second-order valence-electron chi connectivity index (χ2n) is 6.02. The van der Waals surface area contributed by atoms with E-state index in [1.165, 1.54) is 0 Å². The van der Waals surface area contributed by atoms with Crippen molar-refractivity contribution in [3.05, 3.63) is 89.5 Å². The maximum absolute atomic E-state index is 12.1. The normalized spacial score (nSPS) is 10.9. The number of para-hydroxylation sites is 1. The van der Waals surface area contributed by atoms with E-state index >= 15 is 0 Å². The fourth-order valence-electron chi connectivity index (χ4n) is 2.46. The molecule has 0 aliphatic carbocycles. The van der Waals surface area contributed by atoms with Crippen molar-refractivity contribution >= 4 is 74.6 Å². The molecule has 3 N–H and O–H groups in total. The highest BCUT2D eigenvalue weighted by Crippen LogP contribution is 2.29. The number of hydrogen-bond donors (Lipinski definition) is 2. The van der Waals surface area contributed by atoms with Gasteiger partial charge in [-0.15, -0.1) is 0 Å². The molecule has 0 saturated carbocycles. The van der Waals surface area contributed by atoms with Gasteiger partial charge in [-0.2, -0.15) is 5.10 Å². The first-order chi connectivity index (χ1) is 13.9. The van der Waals surface area contributed by atoms with Crippen LogP contribution >= 0.6 is 56.8 Å². The number of nitrogens with one attached hydrogen (secondary N) is 1. The van der Waals surface area contributed by atoms with E-state index in [1.54, 1.807) is 30.5 Å². The fraction of sp³-hybridized carbons (Fsp3) is 0.0476. The SMILES string of the molecule is Nc1ccccc1C(=O)N/N=C/c1cc(I)c(OCc2ccc(Cl)cc2)c(I)c1. The van der Waals surface area contributed by atoms with Gasteiger partial charge in [0.1, 0.15) is 12.4 Å². The van der Waals surface area contributed by atoms with E-state index in [1.807, 2.05) is 36.4 Å². The maximum atomic E-state index is 12.1. The number of hydrogen-bond acceptors (Lipinski definition) is 4. The van der Waals surface area contributed by atoms with Crippen LogP contribution in [-0.4, -0.2) is 12.1 Å². The molecule has 0 aliphatic heterocycles. The molecule has 0 spiro atoms. The van der Waals surface area contributed by atoms with Crippen molar-refractivity contribution in [2.24, 2.45) is 5.10 Å². The molecule has 0 radical (unpaired) electrons. The summed E-state index contributed by atoms with van der Waals surface area (Å²) >= 11 is 10.4. The number of rotatable bonds is 6. The first-order valence-electron chi connectivity index (χ1n) is 8.48. The summed E-state index contributed by atoms with van der Waals surface area (Å²) in [6.07, 6.45) is 1.59. The van der Waals surface area contributed by atoms with Crippen molar-refractivity contribution in [2.45, 2.75) is 6.61 Å². The molecule has 0 aliphatic rings. The van der Waals surface area contributed by atoms with Gasteiger partial charge in [-0.05, 0) is 92.7 Å². The first-order valence-corrected chi connectivity index (χ1v) is 11.0. The van der Waals surface area contributed by atoms with Gasteiger partial charge >= 0.3 is 0 Å². The molecular weight excluding hydrogens is 616 g/mol. The van der Waals surface area contributed by atoms with Crippen LogP contribution in [0.1, 0.15) is 21.5 Å². The van der Waals surface area contributed by atoms with Crippen LogP contribution in [0.5, 0.6) is 5.75 Å². The molecular formula is C21H16ClI2N3O2. The van der Waals surface area contributed by atoms with E-state index in [2.05, 4.69) is 55.7 Å². The van der Waals surface area contributed by atoms with E-state index in [0.717, 1.165) is 24.0 Å². The molecule has 1 amide bonds. The number of nitrogens with two attached hydrogens (primary N) is 1. The smallest absolute Gasteiger partial charge is 0.273 e. The van der Waals surface area contributed by atoms with Crippen molar-refractivity contribution < 1.29 is 9.53 Å². The van der Waals surface area contributed by atoms with Crippen LogP contribution in [0.25, 0.3) is 0 Å². The summed E-state index contributed by atoms with van der Waals surface area (Å²) in [6.45, 7) is 0.450. The van der Waals surface area contributed by atoms with Crippen molar-refractivity contribution in [1.82, 2.24) is 5.43 Å². The van der Waals surface area contributed by atoms with Crippen LogP contribution in [0.15, 0.2) is 65.8 Å². The summed E-state index contributed by atoms with van der Waals surface area (Å²) in [5, 5.41) is 4.73. The second-order valence-corrected chi connectivity index (χ2v) is 8.78. The molecule has 8 heteroatoms. The molecule has 0 saturated heterocycles. The average Bonchev–Trinajstić information content (AvgIpc) is 2.69. The van der Waals surface area contributed by atoms with Gasteiger partial charge in [0, 0.05) is 10.7 Å². The summed E-state index contributed by atoms with van der Waals surface area (Å²) in [5.74, 6) is 0.450. The van der Waals surface area contributed by atoms with E-state index in [4.69, 9.17) is 22.1 Å². The number of nitrogen functional groups attached to an aromatic ring is 1. The summed E-state index contributed by atoms with van der Waals surface area (Å²) < 4.78 is 7.87. The van der Waals surface area contributed by atoms with Crippen LogP contribution in [0.3, 0.4) is 0 Å². The quantitative estimate of drug-likeness (QED) is 0.164. The van der Waals surface area contributed by atoms with E-state index < -0.39 is 0 Å². The largest absolute Gasteiger partial charge is 0.487 e. The summed E-state index contributed by atoms with van der Waals surface area (Å²) in [6, 6.07) is 18.3. The number of hydrazone groups is 1. The van der Waals surface area contributed by atoms with Crippen molar-refractivity contribution in [1.29, 1.82) is 0 Å². The zero-order valence-corrected chi connectivity index (χ0v) is 20.1. The predicted molar refractivity (Wildman–Crippen MR) is 134 cm³/mol. The molecule has 3 aromatic rings. The number of nitrogens with zero attached hydrogens (tertiary/aromatic N) is 1. The third kappa shape index (κ3) is 6.06. The number of halogens is 3. The molecule has 0 fully saturated rings. The maximum Gasteiger partial charge on any atom is 0.273 e. The van der Waals surface area contributed by atoms with Crippen molar-refractivity contribution in [3.63, 3.8) is 0 Å². The number of carbonyl (C=O) groups excluding carboxylic acids is 1. The summed E-state index contributed by atoms with van der Waals surface area (Å²) in [5.41, 5.74) is 11.0. The highest BCUT2D eigenvalue weighted by atomic mass is 127. The molecule has 3 rings (SSSR count). The molecule has 29 heavy (non-hydrogen) atoms. The minimum absolute atomic E-state index is 0.355. The Bertz CT molecular complexity index is 1030. The highest BCUT2D eigenvalue weighted by Gasteiger charge is 2.10. The second kappa shape index (κ2) is 10.3. The Morgan fingerprint density at radius 2 is 1.76 bits per heavy atom. The highest BCUT2D eigenvalue weighted by molar-refractivity contribution is 14.1. The lowest BCUT2D eigenvalue weighted by Gasteiger charge is -2.11. The van der Waals surface area contributed by atoms with Gasteiger partial charge in [0.25, 0.3) is 5.91 Å². The molecule has 0 bridgehead atoms. The number of benzene rings is 3. The van der Waals surface area contributed by atoms with E-state index in [-0.39, 0.29) is 5.91 Å².